The third kappa shape index (κ3) is 5.22. The number of hydrogen-bond acceptors (Lipinski definition) is 4. The van der Waals surface area contributed by atoms with Gasteiger partial charge >= 0.3 is 5.97 Å². The Morgan fingerprint density at radius 2 is 2.00 bits per heavy atom. The number of hydrogen-bond donors (Lipinski definition) is 3. The highest BCUT2D eigenvalue weighted by molar-refractivity contribution is 7.81. The predicted molar refractivity (Wildman–Crippen MR) is 97.5 cm³/mol. The Hall–Kier alpha value is -2.02. The van der Waals surface area contributed by atoms with Crippen LogP contribution in [0.4, 0.5) is 0 Å². The Morgan fingerprint density at radius 1 is 1.32 bits per heavy atom. The number of nitrogens with zero attached hydrogens (tertiary/aromatic N) is 1. The van der Waals surface area contributed by atoms with Crippen LogP contribution in [-0.4, -0.2) is 51.7 Å². The van der Waals surface area contributed by atoms with Crippen LogP contribution >= 0.6 is 12.6 Å². The van der Waals surface area contributed by atoms with E-state index < -0.39 is 23.3 Å². The number of benzene rings is 1. The zero-order valence-corrected chi connectivity index (χ0v) is 15.1. The molecule has 0 bridgehead atoms. The monoisotopic (exact) mass is 364 g/mol. The van der Waals surface area contributed by atoms with Crippen LogP contribution in [-0.2, 0) is 20.8 Å². The van der Waals surface area contributed by atoms with E-state index in [9.17, 15) is 14.4 Å². The first-order valence-corrected chi connectivity index (χ1v) is 8.97. The first kappa shape index (κ1) is 19.3. The van der Waals surface area contributed by atoms with Gasteiger partial charge < -0.3 is 15.3 Å². The normalized spacial score (nSPS) is 19.3. The van der Waals surface area contributed by atoms with Crippen molar-refractivity contribution in [2.75, 3.05) is 6.54 Å². The summed E-state index contributed by atoms with van der Waals surface area (Å²) in [6, 6.07) is 8.24. The molecular formula is C18H24N2O4S. The number of likely N-dealkylation sites (tertiary alicyclic amines) is 1. The summed E-state index contributed by atoms with van der Waals surface area (Å²) in [6.07, 6.45) is 2.39. The smallest absolute Gasteiger partial charge is 0.326 e. The number of carbonyl (C=O) groups excluding carboxylic acids is 2. The molecule has 1 aromatic carbocycles. The van der Waals surface area contributed by atoms with Crippen LogP contribution in [0.2, 0.25) is 0 Å². The van der Waals surface area contributed by atoms with E-state index in [0.717, 1.165) is 12.0 Å². The molecule has 6 nitrogen and oxygen atoms in total. The number of amides is 2. The quantitative estimate of drug-likeness (QED) is 0.640. The molecule has 7 heteroatoms. The lowest BCUT2D eigenvalue weighted by Crippen LogP contribution is -2.51. The van der Waals surface area contributed by atoms with Crippen molar-refractivity contribution in [1.82, 2.24) is 10.2 Å². The second-order valence-electron chi connectivity index (χ2n) is 6.30. The Bertz CT molecular complexity index is 623. The van der Waals surface area contributed by atoms with E-state index in [1.807, 2.05) is 30.3 Å². The summed E-state index contributed by atoms with van der Waals surface area (Å²) in [5.74, 6) is -1.67. The van der Waals surface area contributed by atoms with E-state index in [-0.39, 0.29) is 11.8 Å². The molecule has 3 atom stereocenters. The first-order chi connectivity index (χ1) is 11.9. The molecule has 2 N–H and O–H groups in total. The van der Waals surface area contributed by atoms with Crippen molar-refractivity contribution in [2.45, 2.75) is 49.9 Å². The molecule has 1 aliphatic heterocycles. The van der Waals surface area contributed by atoms with Crippen molar-refractivity contribution in [2.24, 2.45) is 0 Å². The highest BCUT2D eigenvalue weighted by atomic mass is 32.1. The van der Waals surface area contributed by atoms with Gasteiger partial charge in [-0.1, -0.05) is 30.3 Å². The van der Waals surface area contributed by atoms with Crippen LogP contribution in [0.3, 0.4) is 0 Å². The third-order valence-corrected chi connectivity index (χ3v) is 4.89. The lowest BCUT2D eigenvalue weighted by Gasteiger charge is -2.26. The Morgan fingerprint density at radius 3 is 2.64 bits per heavy atom. The van der Waals surface area contributed by atoms with Gasteiger partial charge in [-0.3, -0.25) is 9.59 Å². The maximum Gasteiger partial charge on any atom is 0.326 e. The topological polar surface area (TPSA) is 86.7 Å². The summed E-state index contributed by atoms with van der Waals surface area (Å²) in [5, 5.41) is 11.3. The van der Waals surface area contributed by atoms with Gasteiger partial charge in [-0.15, -0.1) is 0 Å². The summed E-state index contributed by atoms with van der Waals surface area (Å²) >= 11 is 4.33. The number of thiol groups is 1. The van der Waals surface area contributed by atoms with Crippen LogP contribution in [0.1, 0.15) is 31.7 Å². The van der Waals surface area contributed by atoms with Crippen molar-refractivity contribution in [3.05, 3.63) is 35.9 Å². The molecule has 2 rings (SSSR count). The minimum absolute atomic E-state index is 0.314. The number of carboxylic acids is 1. The molecule has 0 spiro atoms. The van der Waals surface area contributed by atoms with E-state index in [4.69, 9.17) is 5.11 Å². The van der Waals surface area contributed by atoms with Crippen LogP contribution < -0.4 is 5.32 Å². The van der Waals surface area contributed by atoms with E-state index in [2.05, 4.69) is 17.9 Å². The predicted octanol–water partition coefficient (Wildman–Crippen LogP) is 1.50. The molecular weight excluding hydrogens is 340 g/mol. The Kier molecular flexibility index (Phi) is 6.87. The number of carbonyl (C=O) groups is 3. The molecule has 0 saturated carbocycles. The molecule has 0 radical (unpaired) electrons. The summed E-state index contributed by atoms with van der Waals surface area (Å²) < 4.78 is 0. The molecule has 3 unspecified atom stereocenters. The number of nitrogens with one attached hydrogen (secondary N) is 1. The lowest BCUT2D eigenvalue weighted by atomic mass is 10.1. The minimum atomic E-state index is -1.00. The summed E-state index contributed by atoms with van der Waals surface area (Å²) in [4.78, 5) is 37.2. The standard InChI is InChI=1S/C18H24N2O4S/c1-12(17(22)20-11-5-8-14(20)18(23)24)19-16(21)15(25)10-9-13-6-3-2-4-7-13/h2-4,6-7,12,14-15,25H,5,8-11H2,1H3,(H,19,21)(H,23,24). The van der Waals surface area contributed by atoms with Crippen molar-refractivity contribution in [1.29, 1.82) is 0 Å². The molecule has 1 heterocycles. The average molecular weight is 364 g/mol. The molecule has 1 aromatic rings. The molecule has 1 saturated heterocycles. The Balaban J connectivity index is 1.84. The zero-order chi connectivity index (χ0) is 18.4. The van der Waals surface area contributed by atoms with Crippen molar-refractivity contribution >= 4 is 30.4 Å². The van der Waals surface area contributed by atoms with Gasteiger partial charge in [-0.25, -0.2) is 4.79 Å². The van der Waals surface area contributed by atoms with Crippen molar-refractivity contribution in [3.8, 4) is 0 Å². The fraction of sp³-hybridized carbons (Fsp3) is 0.500. The number of aryl methyl sites for hydroxylation is 1. The summed E-state index contributed by atoms with van der Waals surface area (Å²) in [7, 11) is 0. The van der Waals surface area contributed by atoms with Crippen molar-refractivity contribution < 1.29 is 19.5 Å². The molecule has 25 heavy (non-hydrogen) atoms. The number of aliphatic carboxylic acids is 1. The number of carboxylic acid groups (broad SMARTS) is 1. The van der Waals surface area contributed by atoms with Gasteiger partial charge in [0.1, 0.15) is 12.1 Å². The number of rotatable bonds is 7. The van der Waals surface area contributed by atoms with E-state index in [1.165, 1.54) is 4.90 Å². The van der Waals surface area contributed by atoms with Gasteiger partial charge in [-0.05, 0) is 38.2 Å². The summed E-state index contributed by atoms with van der Waals surface area (Å²) in [6.45, 7) is 1.99. The van der Waals surface area contributed by atoms with Gasteiger partial charge in [0, 0.05) is 6.54 Å². The van der Waals surface area contributed by atoms with Gasteiger partial charge in [-0.2, -0.15) is 12.6 Å². The van der Waals surface area contributed by atoms with Crippen LogP contribution in [0.15, 0.2) is 30.3 Å². The van der Waals surface area contributed by atoms with Crippen LogP contribution in [0.25, 0.3) is 0 Å². The lowest BCUT2D eigenvalue weighted by molar-refractivity contribution is -0.149. The molecule has 0 aliphatic carbocycles. The highest BCUT2D eigenvalue weighted by Gasteiger charge is 2.36. The van der Waals surface area contributed by atoms with Gasteiger partial charge in [0.2, 0.25) is 11.8 Å². The molecule has 0 aromatic heterocycles. The second kappa shape index (κ2) is 8.89. The fourth-order valence-corrected chi connectivity index (χ4v) is 3.19. The molecule has 2 amide bonds. The van der Waals surface area contributed by atoms with Gasteiger partial charge in [0.15, 0.2) is 0 Å². The largest absolute Gasteiger partial charge is 0.480 e. The molecule has 136 valence electrons. The molecule has 1 aliphatic rings. The second-order valence-corrected chi connectivity index (χ2v) is 6.92. The molecule has 1 fully saturated rings. The van der Waals surface area contributed by atoms with Crippen molar-refractivity contribution in [3.63, 3.8) is 0 Å². The van der Waals surface area contributed by atoms with E-state index in [1.54, 1.807) is 6.92 Å². The highest BCUT2D eigenvalue weighted by Crippen LogP contribution is 2.18. The first-order valence-electron chi connectivity index (χ1n) is 8.45. The average Bonchev–Trinajstić information content (AvgIpc) is 3.09. The van der Waals surface area contributed by atoms with Gasteiger partial charge in [0.25, 0.3) is 0 Å². The fourth-order valence-electron chi connectivity index (χ4n) is 2.99. The van der Waals surface area contributed by atoms with E-state index in [0.29, 0.717) is 25.8 Å². The summed E-state index contributed by atoms with van der Waals surface area (Å²) in [5.41, 5.74) is 1.12. The third-order valence-electron chi connectivity index (χ3n) is 4.40. The zero-order valence-electron chi connectivity index (χ0n) is 14.2. The SMILES string of the molecule is CC(NC(=O)C(S)CCc1ccccc1)C(=O)N1CCCC1C(=O)O. The van der Waals surface area contributed by atoms with Crippen LogP contribution in [0, 0.1) is 0 Å². The Labute approximate surface area is 153 Å². The van der Waals surface area contributed by atoms with Gasteiger partial charge in [0.05, 0.1) is 5.25 Å². The van der Waals surface area contributed by atoms with E-state index >= 15 is 0 Å². The minimum Gasteiger partial charge on any atom is -0.480 e. The maximum absolute atomic E-state index is 12.4. The van der Waals surface area contributed by atoms with Crippen LogP contribution in [0.5, 0.6) is 0 Å². The maximum atomic E-state index is 12.4.